The van der Waals surface area contributed by atoms with Gasteiger partial charge in [0.2, 0.25) is 15.9 Å². The number of carbonyl (C=O) groups is 2. The van der Waals surface area contributed by atoms with E-state index in [-0.39, 0.29) is 28.7 Å². The number of fused-ring (bicyclic) bond motifs is 1. The lowest BCUT2D eigenvalue weighted by atomic mass is 9.90. The number of aliphatic carboxylic acids is 1. The molecule has 0 aromatic heterocycles. The molecule has 0 bridgehead atoms. The first-order chi connectivity index (χ1) is 21.0. The lowest BCUT2D eigenvalue weighted by molar-refractivity contribution is -0.192. The molecule has 4 N–H and O–H groups in total. The summed E-state index contributed by atoms with van der Waals surface area (Å²) >= 11 is 0. The Morgan fingerprint density at radius 1 is 0.841 bits per heavy atom. The van der Waals surface area contributed by atoms with Crippen LogP contribution in [0.15, 0.2) is 108 Å². The van der Waals surface area contributed by atoms with Gasteiger partial charge in [0, 0.05) is 37.0 Å². The van der Waals surface area contributed by atoms with Gasteiger partial charge in [-0.05, 0) is 29.0 Å². The number of halogens is 3. The summed E-state index contributed by atoms with van der Waals surface area (Å²) < 4.78 is 61.1. The quantitative estimate of drug-likeness (QED) is 0.225. The number of carboxylic acid groups (broad SMARTS) is 1. The van der Waals surface area contributed by atoms with Crippen LogP contribution in [-0.4, -0.2) is 57.3 Å². The number of carboxylic acids is 1. The van der Waals surface area contributed by atoms with Crippen molar-refractivity contribution in [2.45, 2.75) is 29.5 Å². The van der Waals surface area contributed by atoms with Crippen LogP contribution in [0.25, 0.3) is 10.8 Å². The van der Waals surface area contributed by atoms with Crippen LogP contribution < -0.4 is 15.4 Å². The van der Waals surface area contributed by atoms with Crippen LogP contribution in [0.4, 0.5) is 13.2 Å². The molecule has 1 aliphatic heterocycles. The van der Waals surface area contributed by atoms with Crippen molar-refractivity contribution in [2.75, 3.05) is 19.6 Å². The van der Waals surface area contributed by atoms with Crippen LogP contribution in [0.5, 0.6) is 0 Å². The van der Waals surface area contributed by atoms with Gasteiger partial charge in [0.15, 0.2) is 0 Å². The summed E-state index contributed by atoms with van der Waals surface area (Å²) in [5.41, 5.74) is 2.27. The van der Waals surface area contributed by atoms with Crippen molar-refractivity contribution >= 4 is 32.7 Å². The highest BCUT2D eigenvalue weighted by Crippen LogP contribution is 2.25. The molecule has 5 rings (SSSR count). The fraction of sp³-hybridized carbons (Fsp3) is 0.250. The third-order valence-electron chi connectivity index (χ3n) is 7.21. The normalized spacial score (nSPS) is 17.0. The molecule has 0 saturated carbocycles. The molecule has 4 aromatic carbocycles. The summed E-state index contributed by atoms with van der Waals surface area (Å²) in [5, 5.41) is 15.1. The highest BCUT2D eigenvalue weighted by molar-refractivity contribution is 7.89. The Morgan fingerprint density at radius 2 is 1.39 bits per heavy atom. The average molecular weight is 628 g/mol. The standard InChI is InChI=1S/C30H31N3O3S.C2HF3O2/c34-30(32-21-28(23-10-3-1-4-11-23)24-12-5-2-6-13-24)25-18-26(20-31-19-25)33-37(35,36)29-17-9-15-22-14-7-8-16-27(22)29;3-2(4,5)1(6)7/h1-17,25-26,28,31,33H,18-21H2,(H,32,34);(H,6,7)/t25-,26+;/m0./s1. The first-order valence-corrected chi connectivity index (χ1v) is 15.3. The number of piperidine rings is 1. The Labute approximate surface area is 253 Å². The van der Waals surface area contributed by atoms with Gasteiger partial charge in [0.25, 0.3) is 0 Å². The monoisotopic (exact) mass is 627 g/mol. The zero-order valence-electron chi connectivity index (χ0n) is 23.5. The minimum absolute atomic E-state index is 0.0311. The molecular formula is C32H32F3N3O5S. The van der Waals surface area contributed by atoms with Crippen molar-refractivity contribution in [3.63, 3.8) is 0 Å². The molecule has 0 radical (unpaired) electrons. The van der Waals surface area contributed by atoms with Crippen LogP contribution in [0.2, 0.25) is 0 Å². The van der Waals surface area contributed by atoms with Crippen LogP contribution in [0.3, 0.4) is 0 Å². The van der Waals surface area contributed by atoms with Crippen LogP contribution in [0.1, 0.15) is 23.5 Å². The Balaban J connectivity index is 0.000000566. The first-order valence-electron chi connectivity index (χ1n) is 13.8. The topological polar surface area (TPSA) is 125 Å². The maximum absolute atomic E-state index is 13.3. The van der Waals surface area contributed by atoms with Gasteiger partial charge in [-0.3, -0.25) is 4.79 Å². The molecule has 0 spiro atoms. The smallest absolute Gasteiger partial charge is 0.475 e. The highest BCUT2D eigenvalue weighted by atomic mass is 32.2. The van der Waals surface area contributed by atoms with E-state index in [1.54, 1.807) is 12.1 Å². The zero-order valence-corrected chi connectivity index (χ0v) is 24.3. The second-order valence-corrected chi connectivity index (χ2v) is 12.0. The van der Waals surface area contributed by atoms with Crippen molar-refractivity contribution in [3.8, 4) is 0 Å². The molecule has 1 fully saturated rings. The second kappa shape index (κ2) is 14.5. The Bertz CT molecular complexity index is 1620. The van der Waals surface area contributed by atoms with Gasteiger partial charge in [-0.1, -0.05) is 97.1 Å². The molecule has 0 aliphatic carbocycles. The van der Waals surface area contributed by atoms with Crippen LogP contribution in [-0.2, 0) is 19.6 Å². The second-order valence-electron chi connectivity index (χ2n) is 10.3. The highest BCUT2D eigenvalue weighted by Gasteiger charge is 2.38. The van der Waals surface area contributed by atoms with E-state index in [0.717, 1.165) is 16.5 Å². The van der Waals surface area contributed by atoms with Crippen LogP contribution in [0, 0.1) is 5.92 Å². The molecular weight excluding hydrogens is 595 g/mol. The van der Waals surface area contributed by atoms with Gasteiger partial charge in [-0.25, -0.2) is 17.9 Å². The Morgan fingerprint density at radius 3 is 1.98 bits per heavy atom. The molecule has 232 valence electrons. The summed E-state index contributed by atoms with van der Waals surface area (Å²) in [5.74, 6) is -3.13. The summed E-state index contributed by atoms with van der Waals surface area (Å²) in [4.78, 5) is 22.3. The molecule has 1 amide bonds. The van der Waals surface area contributed by atoms with Crippen molar-refractivity contribution in [1.29, 1.82) is 0 Å². The van der Waals surface area contributed by atoms with Crippen LogP contribution >= 0.6 is 0 Å². The third kappa shape index (κ3) is 8.65. The fourth-order valence-electron chi connectivity index (χ4n) is 5.09. The number of amides is 1. The summed E-state index contributed by atoms with van der Waals surface area (Å²) in [7, 11) is -3.76. The largest absolute Gasteiger partial charge is 0.490 e. The van der Waals surface area contributed by atoms with Crippen molar-refractivity contribution in [1.82, 2.24) is 15.4 Å². The van der Waals surface area contributed by atoms with E-state index in [9.17, 15) is 26.4 Å². The van der Waals surface area contributed by atoms with E-state index in [2.05, 4.69) is 39.6 Å². The predicted molar refractivity (Wildman–Crippen MR) is 160 cm³/mol. The van der Waals surface area contributed by atoms with Gasteiger partial charge >= 0.3 is 12.1 Å². The number of sulfonamides is 1. The van der Waals surface area contributed by atoms with E-state index < -0.39 is 22.2 Å². The minimum Gasteiger partial charge on any atom is -0.475 e. The minimum atomic E-state index is -5.08. The fourth-order valence-corrected chi connectivity index (χ4v) is 6.57. The van der Waals surface area contributed by atoms with E-state index in [1.165, 1.54) is 0 Å². The molecule has 4 aromatic rings. The van der Waals surface area contributed by atoms with Gasteiger partial charge < -0.3 is 15.7 Å². The maximum atomic E-state index is 13.3. The molecule has 1 saturated heterocycles. The number of hydrogen-bond donors (Lipinski definition) is 4. The van der Waals surface area contributed by atoms with Crippen molar-refractivity contribution in [3.05, 3.63) is 114 Å². The van der Waals surface area contributed by atoms with E-state index in [0.29, 0.717) is 31.4 Å². The lowest BCUT2D eigenvalue weighted by Gasteiger charge is -2.30. The van der Waals surface area contributed by atoms with E-state index in [1.807, 2.05) is 66.7 Å². The summed E-state index contributed by atoms with van der Waals surface area (Å²) in [6, 6.07) is 32.6. The molecule has 1 aliphatic rings. The average Bonchev–Trinajstić information content (AvgIpc) is 3.01. The van der Waals surface area contributed by atoms with Gasteiger partial charge in [0.05, 0.1) is 10.8 Å². The third-order valence-corrected chi connectivity index (χ3v) is 8.79. The summed E-state index contributed by atoms with van der Waals surface area (Å²) in [6.07, 6.45) is -4.65. The molecule has 12 heteroatoms. The van der Waals surface area contributed by atoms with Gasteiger partial charge in [-0.15, -0.1) is 0 Å². The van der Waals surface area contributed by atoms with Gasteiger partial charge in [-0.2, -0.15) is 13.2 Å². The zero-order chi connectivity index (χ0) is 31.7. The number of carbonyl (C=O) groups excluding carboxylic acids is 1. The number of hydrogen-bond acceptors (Lipinski definition) is 5. The maximum Gasteiger partial charge on any atom is 0.490 e. The first kappa shape index (κ1) is 32.6. The number of alkyl halides is 3. The van der Waals surface area contributed by atoms with Crippen molar-refractivity contribution in [2.24, 2.45) is 5.92 Å². The molecule has 8 nitrogen and oxygen atoms in total. The molecule has 0 unspecified atom stereocenters. The van der Waals surface area contributed by atoms with Gasteiger partial charge in [0.1, 0.15) is 0 Å². The predicted octanol–water partition coefficient (Wildman–Crippen LogP) is 4.68. The molecule has 1 heterocycles. The van der Waals surface area contributed by atoms with Crippen molar-refractivity contribution < 1.29 is 36.3 Å². The van der Waals surface area contributed by atoms with E-state index >= 15 is 0 Å². The summed E-state index contributed by atoms with van der Waals surface area (Å²) in [6.45, 7) is 1.46. The Kier molecular flexibility index (Phi) is 10.7. The lowest BCUT2D eigenvalue weighted by Crippen LogP contribution is -2.52. The number of benzene rings is 4. The van der Waals surface area contributed by atoms with E-state index in [4.69, 9.17) is 9.90 Å². The molecule has 44 heavy (non-hydrogen) atoms. The molecule has 2 atom stereocenters. The number of nitrogens with one attached hydrogen (secondary N) is 3. The number of rotatable bonds is 8. The SMILES string of the molecule is O=C(NCC(c1ccccc1)c1ccccc1)[C@@H]1CNC[C@H](NS(=O)(=O)c2cccc3ccccc23)C1.O=C(O)C(F)(F)F. The Hall–Kier alpha value is -4.26.